The van der Waals surface area contributed by atoms with Gasteiger partial charge in [0.15, 0.2) is 0 Å². The molecule has 2 aromatic carbocycles. The van der Waals surface area contributed by atoms with Crippen molar-refractivity contribution >= 4 is 0 Å². The number of imidazole rings is 1. The zero-order chi connectivity index (χ0) is 26.3. The maximum Gasteiger partial charge on any atom is 0.141 e. The van der Waals surface area contributed by atoms with E-state index in [1.807, 2.05) is 7.11 Å². The Labute approximate surface area is 230 Å². The van der Waals surface area contributed by atoms with E-state index < -0.39 is 0 Å². The Kier molecular flexibility index (Phi) is 9.35. The van der Waals surface area contributed by atoms with Gasteiger partial charge in [-0.25, -0.2) is 4.98 Å². The molecule has 0 N–H and O–H groups in total. The molecule has 1 aliphatic carbocycles. The minimum Gasteiger partial charge on any atom is -0.383 e. The van der Waals surface area contributed by atoms with Crippen molar-refractivity contribution in [1.82, 2.24) is 14.5 Å². The summed E-state index contributed by atoms with van der Waals surface area (Å²) in [5, 5.41) is 0. The highest BCUT2D eigenvalue weighted by molar-refractivity contribution is 5.72. The molecule has 1 atom stereocenters. The number of likely N-dealkylation sites (tertiary alicyclic amines) is 1. The van der Waals surface area contributed by atoms with Crippen molar-refractivity contribution in [1.29, 1.82) is 0 Å². The molecule has 1 aromatic heterocycles. The van der Waals surface area contributed by atoms with Gasteiger partial charge < -0.3 is 9.30 Å². The first-order chi connectivity index (χ1) is 18.7. The van der Waals surface area contributed by atoms with Crippen LogP contribution >= 0.6 is 0 Å². The monoisotopic (exact) mass is 513 g/mol. The van der Waals surface area contributed by atoms with Crippen molar-refractivity contribution in [3.63, 3.8) is 0 Å². The smallest absolute Gasteiger partial charge is 0.141 e. The number of piperidine rings is 1. The Hall–Kier alpha value is -2.43. The van der Waals surface area contributed by atoms with Gasteiger partial charge in [-0.15, -0.1) is 0 Å². The quantitative estimate of drug-likeness (QED) is 0.276. The molecule has 0 bridgehead atoms. The molecule has 4 heteroatoms. The number of benzene rings is 2. The molecular formula is C34H47N3O. The predicted octanol–water partition coefficient (Wildman–Crippen LogP) is 7.92. The summed E-state index contributed by atoms with van der Waals surface area (Å²) < 4.78 is 8.18. The molecule has 3 aromatic rings. The largest absolute Gasteiger partial charge is 0.383 e. The zero-order valence-corrected chi connectivity index (χ0v) is 23.9. The van der Waals surface area contributed by atoms with Crippen LogP contribution in [0.15, 0.2) is 48.5 Å². The van der Waals surface area contributed by atoms with Crippen molar-refractivity contribution in [3.8, 4) is 22.6 Å². The molecule has 38 heavy (non-hydrogen) atoms. The topological polar surface area (TPSA) is 30.3 Å². The van der Waals surface area contributed by atoms with Gasteiger partial charge in [0, 0.05) is 37.4 Å². The molecule has 0 spiro atoms. The third-order valence-corrected chi connectivity index (χ3v) is 9.07. The number of rotatable bonds is 10. The van der Waals surface area contributed by atoms with Crippen LogP contribution in [0.2, 0.25) is 0 Å². The number of methoxy groups -OCH3 is 1. The van der Waals surface area contributed by atoms with Gasteiger partial charge in [0.1, 0.15) is 5.82 Å². The van der Waals surface area contributed by atoms with E-state index in [9.17, 15) is 0 Å². The van der Waals surface area contributed by atoms with Crippen LogP contribution in [-0.2, 0) is 30.7 Å². The fourth-order valence-electron chi connectivity index (χ4n) is 7.08. The molecule has 5 rings (SSSR count). The number of aryl methyl sites for hydroxylation is 2. The Bertz CT molecular complexity index is 1140. The molecule has 2 heterocycles. The number of aromatic nitrogens is 2. The number of ether oxygens (including phenoxy) is 1. The lowest BCUT2D eigenvalue weighted by atomic mass is 9.80. The maximum atomic E-state index is 5.66. The lowest BCUT2D eigenvalue weighted by molar-refractivity contribution is 0.0724. The van der Waals surface area contributed by atoms with E-state index in [0.717, 1.165) is 43.4 Å². The second kappa shape index (κ2) is 13.1. The fraction of sp³-hybridized carbons (Fsp3) is 0.559. The molecule has 2 aliphatic rings. The Morgan fingerprint density at radius 3 is 2.24 bits per heavy atom. The molecule has 1 saturated heterocycles. The lowest BCUT2D eigenvalue weighted by Gasteiger charge is -2.42. The summed E-state index contributed by atoms with van der Waals surface area (Å²) in [5.74, 6) is 1.97. The summed E-state index contributed by atoms with van der Waals surface area (Å²) in [6, 6.07) is 18.4. The van der Waals surface area contributed by atoms with Gasteiger partial charge in [0.05, 0.1) is 18.0 Å². The van der Waals surface area contributed by atoms with E-state index in [2.05, 4.69) is 71.8 Å². The maximum absolute atomic E-state index is 5.66. The van der Waals surface area contributed by atoms with Crippen LogP contribution in [0.5, 0.6) is 0 Å². The second-order valence-electron chi connectivity index (χ2n) is 11.3. The lowest BCUT2D eigenvalue weighted by Crippen LogP contribution is -2.44. The zero-order valence-electron chi connectivity index (χ0n) is 23.9. The molecule has 2 fully saturated rings. The summed E-state index contributed by atoms with van der Waals surface area (Å²) in [4.78, 5) is 8.34. The van der Waals surface area contributed by atoms with E-state index in [-0.39, 0.29) is 0 Å². The number of hydrogen-bond donors (Lipinski definition) is 0. The van der Waals surface area contributed by atoms with Crippen LogP contribution in [-0.4, -0.2) is 40.8 Å². The van der Waals surface area contributed by atoms with Crippen LogP contribution in [0.3, 0.4) is 0 Å². The van der Waals surface area contributed by atoms with E-state index in [4.69, 9.17) is 9.72 Å². The first kappa shape index (κ1) is 27.1. The average Bonchev–Trinajstić information content (AvgIpc) is 3.34. The average molecular weight is 514 g/mol. The van der Waals surface area contributed by atoms with E-state index >= 15 is 0 Å². The Balaban J connectivity index is 1.64. The highest BCUT2D eigenvalue weighted by Gasteiger charge is 2.33. The summed E-state index contributed by atoms with van der Waals surface area (Å²) in [7, 11) is 1.82. The third kappa shape index (κ3) is 5.77. The van der Waals surface area contributed by atoms with Crippen LogP contribution in [0, 0.1) is 5.92 Å². The Morgan fingerprint density at radius 2 is 1.55 bits per heavy atom. The van der Waals surface area contributed by atoms with E-state index in [1.165, 1.54) is 85.9 Å². The minimum atomic E-state index is 0.687. The normalized spacial score (nSPS) is 19.2. The molecule has 0 amide bonds. The molecule has 1 unspecified atom stereocenters. The van der Waals surface area contributed by atoms with E-state index in [1.54, 1.807) is 0 Å². The summed E-state index contributed by atoms with van der Waals surface area (Å²) in [6.07, 6.45) is 13.1. The third-order valence-electron chi connectivity index (χ3n) is 9.07. The molecule has 1 aliphatic heterocycles. The summed E-state index contributed by atoms with van der Waals surface area (Å²) in [6.45, 7) is 8.21. The van der Waals surface area contributed by atoms with Gasteiger partial charge in [0.2, 0.25) is 0 Å². The SMILES string of the molecule is CCc1cccc(CC)c1-c1nc(-c2ccccc2)c(CN2CCCCC2C2CCCCC2)n1CCOC. The van der Waals surface area contributed by atoms with Crippen LogP contribution in [0.1, 0.15) is 82.0 Å². The number of nitrogens with zero attached hydrogens (tertiary/aromatic N) is 3. The molecule has 4 nitrogen and oxygen atoms in total. The van der Waals surface area contributed by atoms with Crippen LogP contribution in [0.25, 0.3) is 22.6 Å². The second-order valence-corrected chi connectivity index (χ2v) is 11.3. The van der Waals surface area contributed by atoms with Gasteiger partial charge in [-0.2, -0.15) is 0 Å². The van der Waals surface area contributed by atoms with E-state index in [0.29, 0.717) is 12.6 Å². The first-order valence-electron chi connectivity index (χ1n) is 15.2. The van der Waals surface area contributed by atoms with Gasteiger partial charge in [0.25, 0.3) is 0 Å². The van der Waals surface area contributed by atoms with Crippen molar-refractivity contribution in [3.05, 3.63) is 65.4 Å². The van der Waals surface area contributed by atoms with Crippen molar-refractivity contribution < 1.29 is 4.74 Å². The van der Waals surface area contributed by atoms with Gasteiger partial charge in [-0.3, -0.25) is 4.90 Å². The predicted molar refractivity (Wildman–Crippen MR) is 158 cm³/mol. The summed E-state index contributed by atoms with van der Waals surface area (Å²) >= 11 is 0. The Morgan fingerprint density at radius 1 is 0.842 bits per heavy atom. The van der Waals surface area contributed by atoms with Crippen LogP contribution in [0.4, 0.5) is 0 Å². The molecule has 1 saturated carbocycles. The van der Waals surface area contributed by atoms with Crippen molar-refractivity contribution in [2.24, 2.45) is 5.92 Å². The highest BCUT2D eigenvalue weighted by atomic mass is 16.5. The van der Waals surface area contributed by atoms with Gasteiger partial charge in [-0.05, 0) is 62.1 Å². The van der Waals surface area contributed by atoms with Crippen molar-refractivity contribution in [2.75, 3.05) is 20.3 Å². The fourth-order valence-corrected chi connectivity index (χ4v) is 7.08. The highest BCUT2D eigenvalue weighted by Crippen LogP contribution is 2.38. The minimum absolute atomic E-state index is 0.687. The molecule has 204 valence electrons. The standard InChI is InChI=1S/C34H47N3O/c1-4-26-19-14-20-27(5-2)32(26)34-35-33(29-17-10-7-11-18-29)31(37(34)23-24-38-3)25-36-22-13-12-21-30(36)28-15-8-6-9-16-28/h7,10-11,14,17-20,28,30H,4-6,8-9,12-13,15-16,21-25H2,1-3H3. The molecular weight excluding hydrogens is 466 g/mol. The van der Waals surface area contributed by atoms with Crippen molar-refractivity contribution in [2.45, 2.75) is 97.2 Å². The number of hydrogen-bond acceptors (Lipinski definition) is 3. The van der Waals surface area contributed by atoms with Crippen LogP contribution < -0.4 is 0 Å². The van der Waals surface area contributed by atoms with Gasteiger partial charge >= 0.3 is 0 Å². The summed E-state index contributed by atoms with van der Waals surface area (Å²) in [5.41, 5.74) is 7.84. The molecule has 0 radical (unpaired) electrons. The van der Waals surface area contributed by atoms with Gasteiger partial charge in [-0.1, -0.05) is 88.1 Å². The first-order valence-corrected chi connectivity index (χ1v) is 15.2.